The first-order valence-electron chi connectivity index (χ1n) is 6.81. The molecule has 1 aromatic rings. The lowest BCUT2D eigenvalue weighted by Gasteiger charge is -2.10. The summed E-state index contributed by atoms with van der Waals surface area (Å²) < 4.78 is 32.9. The lowest BCUT2D eigenvalue weighted by molar-refractivity contribution is -0.138. The number of nitrogens with one attached hydrogen (secondary N) is 1. The Labute approximate surface area is 135 Å². The van der Waals surface area contributed by atoms with Crippen molar-refractivity contribution in [2.75, 3.05) is 25.3 Å². The van der Waals surface area contributed by atoms with Gasteiger partial charge in [0.25, 0.3) is 0 Å². The minimum Gasteiger partial charge on any atom is -0.466 e. The largest absolute Gasteiger partial charge is 0.466 e. The van der Waals surface area contributed by atoms with Gasteiger partial charge in [-0.1, -0.05) is 6.92 Å². The van der Waals surface area contributed by atoms with Crippen LogP contribution in [0.15, 0.2) is 40.9 Å². The molecule has 0 aromatic heterocycles. The molecule has 23 heavy (non-hydrogen) atoms. The maximum atomic E-state index is 11.9. The molecular formula is C15H19NO6S. The van der Waals surface area contributed by atoms with Crippen molar-refractivity contribution in [2.24, 2.45) is 0 Å². The topological polar surface area (TPSA) is 98.8 Å². The van der Waals surface area contributed by atoms with E-state index in [0.29, 0.717) is 12.1 Å². The summed E-state index contributed by atoms with van der Waals surface area (Å²) in [7, 11) is -0.950. The summed E-state index contributed by atoms with van der Waals surface area (Å²) in [6, 6.07) is 5.86. The van der Waals surface area contributed by atoms with Gasteiger partial charge in [0.1, 0.15) is 5.70 Å². The summed E-state index contributed by atoms with van der Waals surface area (Å²) in [5.74, 6) is -1.41. The maximum absolute atomic E-state index is 11.9. The molecule has 0 amide bonds. The number of sulfone groups is 1. The highest BCUT2D eigenvalue weighted by molar-refractivity contribution is 7.91. The number of methoxy groups -OCH3 is 2. The Bertz CT molecular complexity index is 691. The molecule has 8 heteroatoms. The van der Waals surface area contributed by atoms with Gasteiger partial charge < -0.3 is 14.8 Å². The van der Waals surface area contributed by atoms with E-state index in [1.165, 1.54) is 38.5 Å². The molecule has 126 valence electrons. The number of carbonyl (C=O) groups excluding carboxylic acids is 2. The third kappa shape index (κ3) is 5.41. The van der Waals surface area contributed by atoms with Crippen molar-refractivity contribution in [1.82, 2.24) is 0 Å². The predicted octanol–water partition coefficient (Wildman–Crippen LogP) is 1.51. The number of anilines is 1. The Morgan fingerprint density at radius 1 is 1.13 bits per heavy atom. The van der Waals surface area contributed by atoms with Gasteiger partial charge in [-0.05, 0) is 30.7 Å². The fourth-order valence-electron chi connectivity index (χ4n) is 1.72. The van der Waals surface area contributed by atoms with E-state index < -0.39 is 21.8 Å². The molecule has 0 aliphatic heterocycles. The zero-order valence-electron chi connectivity index (χ0n) is 13.2. The average molecular weight is 341 g/mol. The molecule has 0 fully saturated rings. The van der Waals surface area contributed by atoms with Gasteiger partial charge in [-0.2, -0.15) is 0 Å². The number of ether oxygens (including phenoxy) is 2. The fourth-order valence-corrected chi connectivity index (χ4v) is 3.04. The van der Waals surface area contributed by atoms with E-state index in [1.807, 2.05) is 0 Å². The van der Waals surface area contributed by atoms with E-state index in [0.717, 1.165) is 6.08 Å². The molecule has 0 saturated carbocycles. The lowest BCUT2D eigenvalue weighted by atomic mass is 10.3. The Morgan fingerprint density at radius 3 is 2.22 bits per heavy atom. The third-order valence-electron chi connectivity index (χ3n) is 2.83. The second-order valence-corrected chi connectivity index (χ2v) is 6.65. The van der Waals surface area contributed by atoms with E-state index >= 15 is 0 Å². The summed E-state index contributed by atoms with van der Waals surface area (Å²) in [4.78, 5) is 23.1. The van der Waals surface area contributed by atoms with Gasteiger partial charge in [0, 0.05) is 5.69 Å². The minimum absolute atomic E-state index is 0.0649. The minimum atomic E-state index is -3.31. The Kier molecular flexibility index (Phi) is 6.77. The van der Waals surface area contributed by atoms with E-state index in [9.17, 15) is 18.0 Å². The quantitative estimate of drug-likeness (QED) is 0.593. The van der Waals surface area contributed by atoms with Crippen molar-refractivity contribution in [3.8, 4) is 0 Å². The number of benzene rings is 1. The van der Waals surface area contributed by atoms with Crippen LogP contribution < -0.4 is 5.32 Å². The normalized spacial score (nSPS) is 11.7. The van der Waals surface area contributed by atoms with Crippen LogP contribution in [-0.4, -0.2) is 40.3 Å². The van der Waals surface area contributed by atoms with Crippen LogP contribution >= 0.6 is 0 Å². The summed E-state index contributed by atoms with van der Waals surface area (Å²) in [6.45, 7) is 1.79. The first kappa shape index (κ1) is 18.7. The molecule has 0 atom stereocenters. The van der Waals surface area contributed by atoms with Crippen LogP contribution in [0.1, 0.15) is 13.3 Å². The molecule has 1 N–H and O–H groups in total. The molecule has 0 spiro atoms. The summed E-state index contributed by atoms with van der Waals surface area (Å²) in [6.07, 6.45) is 1.48. The van der Waals surface area contributed by atoms with Crippen LogP contribution in [0.2, 0.25) is 0 Å². The lowest BCUT2D eigenvalue weighted by Crippen LogP contribution is -2.15. The monoisotopic (exact) mass is 341 g/mol. The number of rotatable bonds is 7. The van der Waals surface area contributed by atoms with Gasteiger partial charge >= 0.3 is 11.9 Å². The average Bonchev–Trinajstić information content (AvgIpc) is 2.53. The molecule has 0 radical (unpaired) electrons. The zero-order chi connectivity index (χ0) is 17.5. The van der Waals surface area contributed by atoms with E-state index in [1.54, 1.807) is 6.92 Å². The molecule has 7 nitrogen and oxygen atoms in total. The Morgan fingerprint density at radius 2 is 1.74 bits per heavy atom. The number of hydrogen-bond donors (Lipinski definition) is 1. The van der Waals surface area contributed by atoms with Crippen LogP contribution in [0, 0.1) is 0 Å². The zero-order valence-corrected chi connectivity index (χ0v) is 14.0. The molecular weight excluding hydrogens is 322 g/mol. The third-order valence-corrected chi connectivity index (χ3v) is 4.77. The first-order chi connectivity index (χ1) is 10.8. The van der Waals surface area contributed by atoms with Gasteiger partial charge in [0.15, 0.2) is 9.84 Å². The van der Waals surface area contributed by atoms with Gasteiger partial charge in [0.2, 0.25) is 0 Å². The van der Waals surface area contributed by atoms with Crippen LogP contribution in [-0.2, 0) is 28.9 Å². The molecule has 1 aromatic carbocycles. The van der Waals surface area contributed by atoms with Crippen LogP contribution in [0.4, 0.5) is 5.69 Å². The fraction of sp³-hybridized carbons (Fsp3) is 0.333. The first-order valence-corrected chi connectivity index (χ1v) is 8.47. The van der Waals surface area contributed by atoms with Crippen molar-refractivity contribution < 1.29 is 27.5 Å². The highest BCUT2D eigenvalue weighted by Crippen LogP contribution is 2.17. The van der Waals surface area contributed by atoms with E-state index in [-0.39, 0.29) is 16.3 Å². The standard InChI is InChI=1S/C15H19NO6S/c1-4-9-23(19,20)12-7-5-11(6-8-12)16-13(15(18)22-3)10-14(17)21-2/h5-8,10,16H,4,9H2,1-3H3/b13-10+. The van der Waals surface area contributed by atoms with Crippen molar-refractivity contribution >= 4 is 27.5 Å². The predicted molar refractivity (Wildman–Crippen MR) is 84.5 cm³/mol. The number of carbonyl (C=O) groups is 2. The molecule has 0 saturated heterocycles. The van der Waals surface area contributed by atoms with Crippen molar-refractivity contribution in [1.29, 1.82) is 0 Å². The molecule has 0 bridgehead atoms. The van der Waals surface area contributed by atoms with Gasteiger partial charge in [-0.25, -0.2) is 18.0 Å². The Hall–Kier alpha value is -2.35. The van der Waals surface area contributed by atoms with Crippen LogP contribution in [0.25, 0.3) is 0 Å². The highest BCUT2D eigenvalue weighted by Gasteiger charge is 2.15. The van der Waals surface area contributed by atoms with Crippen molar-refractivity contribution in [2.45, 2.75) is 18.2 Å². The highest BCUT2D eigenvalue weighted by atomic mass is 32.2. The number of esters is 2. The number of hydrogen-bond acceptors (Lipinski definition) is 7. The molecule has 0 unspecified atom stereocenters. The van der Waals surface area contributed by atoms with Gasteiger partial charge in [-0.15, -0.1) is 0 Å². The van der Waals surface area contributed by atoms with Crippen molar-refractivity contribution in [3.63, 3.8) is 0 Å². The Balaban J connectivity index is 3.01. The second-order valence-electron chi connectivity index (χ2n) is 4.54. The summed E-state index contributed by atoms with van der Waals surface area (Å²) >= 11 is 0. The van der Waals surface area contributed by atoms with Gasteiger partial charge in [-0.3, -0.25) is 0 Å². The smallest absolute Gasteiger partial charge is 0.354 e. The van der Waals surface area contributed by atoms with E-state index in [4.69, 9.17) is 0 Å². The molecule has 1 rings (SSSR count). The van der Waals surface area contributed by atoms with Gasteiger partial charge in [0.05, 0.1) is 30.9 Å². The van der Waals surface area contributed by atoms with E-state index in [2.05, 4.69) is 14.8 Å². The maximum Gasteiger partial charge on any atom is 0.354 e. The summed E-state index contributed by atoms with van der Waals surface area (Å²) in [5, 5.41) is 2.70. The van der Waals surface area contributed by atoms with Crippen LogP contribution in [0.3, 0.4) is 0 Å². The van der Waals surface area contributed by atoms with Crippen molar-refractivity contribution in [3.05, 3.63) is 36.0 Å². The molecule has 0 aliphatic carbocycles. The summed E-state index contributed by atoms with van der Waals surface area (Å²) in [5.41, 5.74) is 0.310. The van der Waals surface area contributed by atoms with Crippen LogP contribution in [0.5, 0.6) is 0 Å². The second kappa shape index (κ2) is 8.33. The molecule has 0 heterocycles. The SMILES string of the molecule is CCCS(=O)(=O)c1ccc(N/C(=C/C(=O)OC)C(=O)OC)cc1. The molecule has 0 aliphatic rings.